The summed E-state index contributed by atoms with van der Waals surface area (Å²) in [7, 11) is 0. The van der Waals surface area contributed by atoms with Gasteiger partial charge in [0, 0.05) is 11.8 Å². The van der Waals surface area contributed by atoms with E-state index < -0.39 is 16.4 Å². The summed E-state index contributed by atoms with van der Waals surface area (Å²) >= 11 is 0. The highest BCUT2D eigenvalue weighted by Crippen LogP contribution is 2.32. The molecule has 0 aromatic heterocycles. The van der Waals surface area contributed by atoms with E-state index in [0.29, 0.717) is 0 Å². The number of halogens is 1. The number of carbonyl (C=O) groups is 1. The predicted molar refractivity (Wildman–Crippen MR) is 83.8 cm³/mol. The third kappa shape index (κ3) is 3.06. The van der Waals surface area contributed by atoms with Crippen LogP contribution in [0, 0.1) is 15.9 Å². The Morgan fingerprint density at radius 3 is 2.83 bits per heavy atom. The molecule has 5 nitrogen and oxygen atoms in total. The molecular formula is C17H15FN2O3. The van der Waals surface area contributed by atoms with Crippen LogP contribution in [-0.2, 0) is 11.2 Å². The van der Waals surface area contributed by atoms with Crippen LogP contribution in [0.2, 0.25) is 0 Å². The van der Waals surface area contributed by atoms with Gasteiger partial charge in [0.15, 0.2) is 0 Å². The van der Waals surface area contributed by atoms with E-state index in [9.17, 15) is 19.3 Å². The highest BCUT2D eigenvalue weighted by atomic mass is 19.1. The average Bonchev–Trinajstić information content (AvgIpc) is 2.55. The summed E-state index contributed by atoms with van der Waals surface area (Å²) < 4.78 is 13.4. The van der Waals surface area contributed by atoms with Crippen LogP contribution in [0.25, 0.3) is 0 Å². The van der Waals surface area contributed by atoms with Crippen molar-refractivity contribution in [1.29, 1.82) is 0 Å². The van der Waals surface area contributed by atoms with Crippen molar-refractivity contribution >= 4 is 17.3 Å². The van der Waals surface area contributed by atoms with E-state index in [2.05, 4.69) is 5.32 Å². The standard InChI is InChI=1S/C17H15FN2O3/c18-15-9-8-12(10-16(15)20(22)23)19-17(21)14-7-3-5-11-4-1-2-6-13(11)14/h1-2,4,6,8-10,14H,3,5,7H2,(H,19,21). The van der Waals surface area contributed by atoms with E-state index in [1.54, 1.807) is 0 Å². The first-order valence-corrected chi connectivity index (χ1v) is 7.39. The lowest BCUT2D eigenvalue weighted by Crippen LogP contribution is -2.24. The molecule has 118 valence electrons. The third-order valence-corrected chi connectivity index (χ3v) is 4.10. The fourth-order valence-corrected chi connectivity index (χ4v) is 2.99. The summed E-state index contributed by atoms with van der Waals surface area (Å²) in [5.74, 6) is -1.43. The Morgan fingerprint density at radius 1 is 1.26 bits per heavy atom. The maximum atomic E-state index is 13.4. The minimum atomic E-state index is -0.920. The minimum Gasteiger partial charge on any atom is -0.325 e. The van der Waals surface area contributed by atoms with Gasteiger partial charge in [0.2, 0.25) is 11.7 Å². The summed E-state index contributed by atoms with van der Waals surface area (Å²) in [5.41, 5.74) is 1.73. The lowest BCUT2D eigenvalue weighted by atomic mass is 9.82. The Labute approximate surface area is 132 Å². The predicted octanol–water partition coefficient (Wildman–Crippen LogP) is 3.79. The number of fused-ring (bicyclic) bond motifs is 1. The minimum absolute atomic E-state index is 0.224. The molecular weight excluding hydrogens is 299 g/mol. The highest BCUT2D eigenvalue weighted by Gasteiger charge is 2.26. The zero-order valence-corrected chi connectivity index (χ0v) is 12.3. The van der Waals surface area contributed by atoms with Crippen LogP contribution in [0.5, 0.6) is 0 Å². The summed E-state index contributed by atoms with van der Waals surface area (Å²) in [5, 5.41) is 13.4. The van der Waals surface area contributed by atoms with Crippen molar-refractivity contribution in [2.24, 2.45) is 0 Å². The van der Waals surface area contributed by atoms with Crippen LogP contribution < -0.4 is 5.32 Å². The summed E-state index contributed by atoms with van der Waals surface area (Å²) in [4.78, 5) is 22.5. The van der Waals surface area contributed by atoms with Gasteiger partial charge in [-0.3, -0.25) is 14.9 Å². The van der Waals surface area contributed by atoms with Gasteiger partial charge in [-0.1, -0.05) is 24.3 Å². The third-order valence-electron chi connectivity index (χ3n) is 4.10. The van der Waals surface area contributed by atoms with E-state index in [-0.39, 0.29) is 17.5 Å². The van der Waals surface area contributed by atoms with Crippen LogP contribution in [0.15, 0.2) is 42.5 Å². The molecule has 6 heteroatoms. The van der Waals surface area contributed by atoms with Gasteiger partial charge in [-0.25, -0.2) is 0 Å². The monoisotopic (exact) mass is 314 g/mol. The number of hydrogen-bond donors (Lipinski definition) is 1. The van der Waals surface area contributed by atoms with Crippen molar-refractivity contribution in [2.45, 2.75) is 25.2 Å². The molecule has 1 unspecified atom stereocenters. The number of nitro groups is 1. The molecule has 1 N–H and O–H groups in total. The topological polar surface area (TPSA) is 72.2 Å². The number of aryl methyl sites for hydroxylation is 1. The Morgan fingerprint density at radius 2 is 2.04 bits per heavy atom. The maximum absolute atomic E-state index is 13.4. The Bertz CT molecular complexity index is 776. The number of benzene rings is 2. The lowest BCUT2D eigenvalue weighted by molar-refractivity contribution is -0.387. The quantitative estimate of drug-likeness (QED) is 0.692. The number of nitro benzene ring substituents is 1. The molecule has 1 atom stereocenters. The second kappa shape index (κ2) is 6.16. The Hall–Kier alpha value is -2.76. The first-order valence-electron chi connectivity index (χ1n) is 7.39. The molecule has 1 aliphatic rings. The van der Waals surface area contributed by atoms with Crippen molar-refractivity contribution < 1.29 is 14.1 Å². The van der Waals surface area contributed by atoms with E-state index >= 15 is 0 Å². The molecule has 2 aromatic carbocycles. The first kappa shape index (κ1) is 15.1. The van der Waals surface area contributed by atoms with Gasteiger partial charge >= 0.3 is 5.69 Å². The zero-order chi connectivity index (χ0) is 16.4. The lowest BCUT2D eigenvalue weighted by Gasteiger charge is -2.24. The molecule has 0 spiro atoms. The summed E-state index contributed by atoms with van der Waals surface area (Å²) in [6.45, 7) is 0. The zero-order valence-electron chi connectivity index (χ0n) is 12.3. The van der Waals surface area contributed by atoms with Crippen molar-refractivity contribution in [3.63, 3.8) is 0 Å². The highest BCUT2D eigenvalue weighted by molar-refractivity contribution is 5.96. The number of carbonyl (C=O) groups excluding carboxylic acids is 1. The second-order valence-electron chi connectivity index (χ2n) is 5.56. The van der Waals surface area contributed by atoms with Gasteiger partial charge in [0.25, 0.3) is 0 Å². The normalized spacial score (nSPS) is 16.5. The van der Waals surface area contributed by atoms with Crippen molar-refractivity contribution in [3.05, 3.63) is 69.5 Å². The number of amides is 1. The van der Waals surface area contributed by atoms with Crippen LogP contribution in [0.4, 0.5) is 15.8 Å². The van der Waals surface area contributed by atoms with E-state index in [1.807, 2.05) is 24.3 Å². The number of nitrogens with one attached hydrogen (secondary N) is 1. The van der Waals surface area contributed by atoms with Gasteiger partial charge in [-0.05, 0) is 42.5 Å². The first-order chi connectivity index (χ1) is 11.1. The molecule has 23 heavy (non-hydrogen) atoms. The van der Waals surface area contributed by atoms with Crippen molar-refractivity contribution in [2.75, 3.05) is 5.32 Å². The molecule has 1 amide bonds. The largest absolute Gasteiger partial charge is 0.325 e. The smallest absolute Gasteiger partial charge is 0.306 e. The molecule has 3 rings (SSSR count). The molecule has 0 aliphatic heterocycles. The second-order valence-corrected chi connectivity index (χ2v) is 5.56. The van der Waals surface area contributed by atoms with Gasteiger partial charge in [0.1, 0.15) is 0 Å². The summed E-state index contributed by atoms with van der Waals surface area (Å²) in [6, 6.07) is 11.2. The SMILES string of the molecule is O=C(Nc1ccc(F)c([N+](=O)[O-])c1)C1CCCc2ccccc21. The van der Waals surface area contributed by atoms with Crippen LogP contribution in [0.1, 0.15) is 29.9 Å². The average molecular weight is 314 g/mol. The fraction of sp³-hybridized carbons (Fsp3) is 0.235. The van der Waals surface area contributed by atoms with Crippen molar-refractivity contribution in [3.8, 4) is 0 Å². The van der Waals surface area contributed by atoms with E-state index in [4.69, 9.17) is 0 Å². The molecule has 0 bridgehead atoms. The number of anilines is 1. The van der Waals surface area contributed by atoms with Gasteiger partial charge in [-0.15, -0.1) is 0 Å². The molecule has 0 heterocycles. The molecule has 0 saturated carbocycles. The van der Waals surface area contributed by atoms with Gasteiger partial charge in [-0.2, -0.15) is 4.39 Å². The molecule has 0 saturated heterocycles. The fourth-order valence-electron chi connectivity index (χ4n) is 2.99. The molecule has 2 aromatic rings. The maximum Gasteiger partial charge on any atom is 0.306 e. The number of nitrogens with zero attached hydrogens (tertiary/aromatic N) is 1. The molecule has 1 aliphatic carbocycles. The van der Waals surface area contributed by atoms with Gasteiger partial charge < -0.3 is 5.32 Å². The summed E-state index contributed by atoms with van der Waals surface area (Å²) in [6.07, 6.45) is 2.59. The van der Waals surface area contributed by atoms with E-state index in [0.717, 1.165) is 42.5 Å². The van der Waals surface area contributed by atoms with Gasteiger partial charge in [0.05, 0.1) is 10.8 Å². The van der Waals surface area contributed by atoms with E-state index in [1.165, 1.54) is 6.07 Å². The number of hydrogen-bond acceptors (Lipinski definition) is 3. The van der Waals surface area contributed by atoms with Crippen LogP contribution in [-0.4, -0.2) is 10.8 Å². The molecule has 0 radical (unpaired) electrons. The van der Waals surface area contributed by atoms with Crippen molar-refractivity contribution in [1.82, 2.24) is 0 Å². The Kier molecular flexibility index (Phi) is 4.06. The molecule has 0 fully saturated rings. The van der Waals surface area contributed by atoms with Crippen LogP contribution >= 0.6 is 0 Å². The Balaban J connectivity index is 1.83. The van der Waals surface area contributed by atoms with Crippen LogP contribution in [0.3, 0.4) is 0 Å². The number of rotatable bonds is 3.